The third-order valence-electron chi connectivity index (χ3n) is 3.72. The molecule has 1 aliphatic heterocycles. The molecule has 0 aromatic carbocycles. The van der Waals surface area contributed by atoms with Gasteiger partial charge in [0.25, 0.3) is 5.91 Å². The maximum atomic E-state index is 12.5. The maximum Gasteiger partial charge on any atom is 0.273 e. The molecular weight excluding hydrogens is 336 g/mol. The van der Waals surface area contributed by atoms with Crippen molar-refractivity contribution in [3.63, 3.8) is 0 Å². The molecule has 1 amide bonds. The molecule has 0 bridgehead atoms. The highest BCUT2D eigenvalue weighted by Crippen LogP contribution is 2.18. The average molecular weight is 353 g/mol. The zero-order valence-electron chi connectivity index (χ0n) is 11.8. The Morgan fingerprint density at radius 2 is 2.14 bits per heavy atom. The van der Waals surface area contributed by atoms with Crippen molar-refractivity contribution in [2.24, 2.45) is 7.05 Å². The molecule has 7 heteroatoms. The van der Waals surface area contributed by atoms with Crippen LogP contribution in [0, 0.1) is 0 Å². The van der Waals surface area contributed by atoms with Gasteiger partial charge in [-0.15, -0.1) is 0 Å². The predicted octanol–water partition coefficient (Wildman–Crippen LogP) is 1.73. The molecule has 6 nitrogen and oxygen atoms in total. The molecule has 0 atom stereocenters. The Bertz CT molecular complexity index is 595. The van der Waals surface area contributed by atoms with E-state index < -0.39 is 0 Å². The van der Waals surface area contributed by atoms with Crippen molar-refractivity contribution in [3.8, 4) is 0 Å². The largest absolute Gasteiger partial charge is 0.468 e. The Morgan fingerprint density at radius 1 is 1.38 bits per heavy atom. The minimum absolute atomic E-state index is 0.0273. The van der Waals surface area contributed by atoms with Gasteiger partial charge in [-0.2, -0.15) is 5.10 Å². The molecule has 2 aromatic heterocycles. The summed E-state index contributed by atoms with van der Waals surface area (Å²) in [6.45, 7) is 3.93. The summed E-state index contributed by atoms with van der Waals surface area (Å²) in [5.74, 6) is 0.990. The fourth-order valence-corrected chi connectivity index (χ4v) is 3.05. The Hall–Kier alpha value is -1.60. The number of piperazine rings is 1. The lowest BCUT2D eigenvalue weighted by atomic mass is 10.2. The number of furan rings is 1. The van der Waals surface area contributed by atoms with Gasteiger partial charge in [-0.3, -0.25) is 14.4 Å². The van der Waals surface area contributed by atoms with E-state index in [0.717, 1.165) is 43.0 Å². The van der Waals surface area contributed by atoms with Gasteiger partial charge in [0.05, 0.1) is 23.5 Å². The summed E-state index contributed by atoms with van der Waals surface area (Å²) in [5, 5.41) is 4.10. The lowest BCUT2D eigenvalue weighted by molar-refractivity contribution is 0.0609. The van der Waals surface area contributed by atoms with Gasteiger partial charge in [-0.25, -0.2) is 0 Å². The van der Waals surface area contributed by atoms with Crippen LogP contribution >= 0.6 is 15.9 Å². The van der Waals surface area contributed by atoms with Gasteiger partial charge in [0, 0.05) is 33.2 Å². The molecule has 1 fully saturated rings. The second kappa shape index (κ2) is 6.03. The molecule has 0 radical (unpaired) electrons. The number of halogens is 1. The minimum Gasteiger partial charge on any atom is -0.468 e. The van der Waals surface area contributed by atoms with Gasteiger partial charge < -0.3 is 9.32 Å². The van der Waals surface area contributed by atoms with Crippen LogP contribution in [-0.2, 0) is 13.6 Å². The fraction of sp³-hybridized carbons (Fsp3) is 0.429. The standard InChI is InChI=1S/C14H17BrN4O2/c1-17-13(12(15)9-16-17)14(20)19-6-4-18(5-7-19)10-11-3-2-8-21-11/h2-3,8-9H,4-7,10H2,1H3. The van der Waals surface area contributed by atoms with E-state index in [1.165, 1.54) is 0 Å². The first-order valence-electron chi connectivity index (χ1n) is 6.86. The van der Waals surface area contributed by atoms with Crippen LogP contribution in [0.2, 0.25) is 0 Å². The molecule has 0 aliphatic carbocycles. The molecule has 112 valence electrons. The third kappa shape index (κ3) is 3.03. The summed E-state index contributed by atoms with van der Waals surface area (Å²) in [5.41, 5.74) is 0.606. The van der Waals surface area contributed by atoms with E-state index in [-0.39, 0.29) is 5.91 Å². The van der Waals surface area contributed by atoms with Crippen molar-refractivity contribution >= 4 is 21.8 Å². The number of hydrogen-bond donors (Lipinski definition) is 0. The Morgan fingerprint density at radius 3 is 2.71 bits per heavy atom. The summed E-state index contributed by atoms with van der Waals surface area (Å²) in [6.07, 6.45) is 3.34. The highest BCUT2D eigenvalue weighted by atomic mass is 79.9. The molecule has 0 N–H and O–H groups in total. The maximum absolute atomic E-state index is 12.5. The lowest BCUT2D eigenvalue weighted by Gasteiger charge is -2.34. The predicted molar refractivity (Wildman–Crippen MR) is 80.8 cm³/mol. The van der Waals surface area contributed by atoms with E-state index in [0.29, 0.717) is 5.69 Å². The van der Waals surface area contributed by atoms with Crippen LogP contribution in [0.25, 0.3) is 0 Å². The molecule has 1 aliphatic rings. The van der Waals surface area contributed by atoms with Crippen LogP contribution in [0.15, 0.2) is 33.5 Å². The molecule has 0 saturated carbocycles. The van der Waals surface area contributed by atoms with E-state index >= 15 is 0 Å². The molecule has 0 unspecified atom stereocenters. The highest BCUT2D eigenvalue weighted by Gasteiger charge is 2.26. The summed E-state index contributed by atoms with van der Waals surface area (Å²) in [6, 6.07) is 3.87. The molecular formula is C14H17BrN4O2. The zero-order chi connectivity index (χ0) is 14.8. The normalized spacial score (nSPS) is 16.4. The molecule has 0 spiro atoms. The van der Waals surface area contributed by atoms with Crippen LogP contribution in [-0.4, -0.2) is 51.7 Å². The lowest BCUT2D eigenvalue weighted by Crippen LogP contribution is -2.48. The van der Waals surface area contributed by atoms with E-state index in [1.54, 1.807) is 24.2 Å². The summed E-state index contributed by atoms with van der Waals surface area (Å²) in [7, 11) is 1.78. The van der Waals surface area contributed by atoms with E-state index in [1.807, 2.05) is 17.0 Å². The van der Waals surface area contributed by atoms with E-state index in [9.17, 15) is 4.79 Å². The summed E-state index contributed by atoms with van der Waals surface area (Å²) in [4.78, 5) is 16.7. The molecule has 3 rings (SSSR count). The number of amides is 1. The molecule has 3 heterocycles. The van der Waals surface area contributed by atoms with Gasteiger partial charge >= 0.3 is 0 Å². The topological polar surface area (TPSA) is 54.5 Å². The highest BCUT2D eigenvalue weighted by molar-refractivity contribution is 9.10. The number of aryl methyl sites for hydroxylation is 1. The fourth-order valence-electron chi connectivity index (χ4n) is 2.53. The number of carbonyl (C=O) groups is 1. The zero-order valence-corrected chi connectivity index (χ0v) is 13.4. The van der Waals surface area contributed by atoms with Crippen molar-refractivity contribution in [1.29, 1.82) is 0 Å². The second-order valence-electron chi connectivity index (χ2n) is 5.11. The van der Waals surface area contributed by atoms with Crippen molar-refractivity contribution in [2.45, 2.75) is 6.54 Å². The van der Waals surface area contributed by atoms with Gasteiger partial charge in [0.1, 0.15) is 11.5 Å². The van der Waals surface area contributed by atoms with E-state index in [4.69, 9.17) is 4.42 Å². The first kappa shape index (κ1) is 14.3. The Kier molecular flexibility index (Phi) is 4.12. The quantitative estimate of drug-likeness (QED) is 0.844. The number of carbonyl (C=O) groups excluding carboxylic acids is 1. The van der Waals surface area contributed by atoms with Crippen LogP contribution < -0.4 is 0 Å². The van der Waals surface area contributed by atoms with E-state index in [2.05, 4.69) is 25.9 Å². The Balaban J connectivity index is 1.59. The number of aromatic nitrogens is 2. The smallest absolute Gasteiger partial charge is 0.273 e. The van der Waals surface area contributed by atoms with Gasteiger partial charge in [0.15, 0.2) is 0 Å². The monoisotopic (exact) mass is 352 g/mol. The molecule has 21 heavy (non-hydrogen) atoms. The SMILES string of the molecule is Cn1ncc(Br)c1C(=O)N1CCN(Cc2ccco2)CC1. The number of rotatable bonds is 3. The molecule has 1 saturated heterocycles. The number of hydrogen-bond acceptors (Lipinski definition) is 4. The van der Waals surface area contributed by atoms with Crippen LogP contribution in [0.5, 0.6) is 0 Å². The van der Waals surface area contributed by atoms with Gasteiger partial charge in [-0.1, -0.05) is 0 Å². The first-order chi connectivity index (χ1) is 10.1. The first-order valence-corrected chi connectivity index (χ1v) is 7.66. The van der Waals surface area contributed by atoms with Crippen molar-refractivity contribution in [2.75, 3.05) is 26.2 Å². The Labute approximate surface area is 131 Å². The third-order valence-corrected chi connectivity index (χ3v) is 4.30. The van der Waals surface area contributed by atoms with Crippen LogP contribution in [0.1, 0.15) is 16.2 Å². The van der Waals surface area contributed by atoms with Crippen LogP contribution in [0.3, 0.4) is 0 Å². The minimum atomic E-state index is 0.0273. The summed E-state index contributed by atoms with van der Waals surface area (Å²) >= 11 is 3.38. The van der Waals surface area contributed by atoms with Crippen molar-refractivity contribution < 1.29 is 9.21 Å². The van der Waals surface area contributed by atoms with Gasteiger partial charge in [0.2, 0.25) is 0 Å². The molecule has 2 aromatic rings. The summed E-state index contributed by atoms with van der Waals surface area (Å²) < 4.78 is 7.72. The van der Waals surface area contributed by atoms with Gasteiger partial charge in [-0.05, 0) is 28.1 Å². The van der Waals surface area contributed by atoms with Crippen molar-refractivity contribution in [1.82, 2.24) is 19.6 Å². The second-order valence-corrected chi connectivity index (χ2v) is 5.97. The van der Waals surface area contributed by atoms with Crippen LogP contribution in [0.4, 0.5) is 0 Å². The van der Waals surface area contributed by atoms with Crippen molar-refractivity contribution in [3.05, 3.63) is 40.5 Å². The number of nitrogens with zero attached hydrogens (tertiary/aromatic N) is 4. The average Bonchev–Trinajstić information content (AvgIpc) is 3.09.